The van der Waals surface area contributed by atoms with Crippen LogP contribution in [-0.4, -0.2) is 22.4 Å². The third kappa shape index (κ3) is 2.57. The van der Waals surface area contributed by atoms with E-state index in [0.717, 1.165) is 10.6 Å². The van der Waals surface area contributed by atoms with Gasteiger partial charge in [0.2, 0.25) is 0 Å². The Kier molecular flexibility index (Phi) is 3.53. The fourth-order valence-corrected chi connectivity index (χ4v) is 2.73. The number of aromatic nitrogens is 2. The SMILES string of the molecule is COc1cc(-c2nnc(-c3ccccc3)s2)cc(F)c1O. The molecule has 106 valence electrons. The van der Waals surface area contributed by atoms with Crippen LogP contribution >= 0.6 is 11.3 Å². The molecule has 4 nitrogen and oxygen atoms in total. The molecule has 0 fully saturated rings. The van der Waals surface area contributed by atoms with E-state index in [0.29, 0.717) is 10.6 Å². The van der Waals surface area contributed by atoms with Crippen LogP contribution in [0, 0.1) is 5.82 Å². The van der Waals surface area contributed by atoms with Crippen LogP contribution in [0.4, 0.5) is 4.39 Å². The first kappa shape index (κ1) is 13.5. The fraction of sp³-hybridized carbons (Fsp3) is 0.0667. The van der Waals surface area contributed by atoms with Crippen molar-refractivity contribution in [1.29, 1.82) is 0 Å². The predicted molar refractivity (Wildman–Crippen MR) is 79.0 cm³/mol. The van der Waals surface area contributed by atoms with Gasteiger partial charge in [-0.25, -0.2) is 4.39 Å². The molecule has 0 aliphatic rings. The van der Waals surface area contributed by atoms with Gasteiger partial charge in [-0.3, -0.25) is 0 Å². The zero-order valence-corrected chi connectivity index (χ0v) is 11.9. The van der Waals surface area contributed by atoms with Gasteiger partial charge in [0.25, 0.3) is 0 Å². The molecule has 0 bridgehead atoms. The number of nitrogens with zero attached hydrogens (tertiary/aromatic N) is 2. The minimum atomic E-state index is -0.749. The lowest BCUT2D eigenvalue weighted by atomic mass is 10.2. The van der Waals surface area contributed by atoms with E-state index in [1.165, 1.54) is 30.6 Å². The molecule has 0 saturated heterocycles. The zero-order chi connectivity index (χ0) is 14.8. The number of phenolic OH excluding ortho intramolecular Hbond substituents is 1. The van der Waals surface area contributed by atoms with Gasteiger partial charge < -0.3 is 9.84 Å². The van der Waals surface area contributed by atoms with Gasteiger partial charge >= 0.3 is 0 Å². The molecule has 0 atom stereocenters. The van der Waals surface area contributed by atoms with E-state index in [-0.39, 0.29) is 5.75 Å². The van der Waals surface area contributed by atoms with E-state index < -0.39 is 11.6 Å². The van der Waals surface area contributed by atoms with E-state index >= 15 is 0 Å². The second-order valence-electron chi connectivity index (χ2n) is 4.29. The molecule has 1 aromatic heterocycles. The number of methoxy groups -OCH3 is 1. The summed E-state index contributed by atoms with van der Waals surface area (Å²) >= 11 is 1.35. The second-order valence-corrected chi connectivity index (χ2v) is 5.26. The monoisotopic (exact) mass is 302 g/mol. The Labute approximate surface area is 124 Å². The Morgan fingerprint density at radius 2 is 1.71 bits per heavy atom. The third-order valence-corrected chi connectivity index (χ3v) is 3.96. The molecule has 1 N–H and O–H groups in total. The third-order valence-electron chi connectivity index (χ3n) is 2.94. The standard InChI is InChI=1S/C15H11FN2O2S/c1-20-12-8-10(7-11(16)13(12)19)15-18-17-14(21-15)9-5-3-2-4-6-9/h2-8,19H,1H3. The topological polar surface area (TPSA) is 55.2 Å². The highest BCUT2D eigenvalue weighted by Crippen LogP contribution is 2.36. The average molecular weight is 302 g/mol. The Bertz CT molecular complexity index is 775. The van der Waals surface area contributed by atoms with Crippen LogP contribution in [0.2, 0.25) is 0 Å². The molecule has 0 aliphatic heterocycles. The summed E-state index contributed by atoms with van der Waals surface area (Å²) < 4.78 is 18.6. The van der Waals surface area contributed by atoms with E-state index in [4.69, 9.17) is 4.74 Å². The Balaban J connectivity index is 2.03. The normalized spacial score (nSPS) is 10.6. The van der Waals surface area contributed by atoms with E-state index in [9.17, 15) is 9.50 Å². The smallest absolute Gasteiger partial charge is 0.194 e. The van der Waals surface area contributed by atoms with Crippen molar-refractivity contribution < 1.29 is 14.2 Å². The van der Waals surface area contributed by atoms with Crippen molar-refractivity contribution in [2.24, 2.45) is 0 Å². The van der Waals surface area contributed by atoms with Gasteiger partial charge in [0.05, 0.1) is 7.11 Å². The lowest BCUT2D eigenvalue weighted by Gasteiger charge is -2.05. The number of halogens is 1. The quantitative estimate of drug-likeness (QED) is 0.801. The number of ether oxygens (including phenoxy) is 1. The minimum Gasteiger partial charge on any atom is -0.502 e. The number of phenols is 1. The minimum absolute atomic E-state index is 0.0708. The first-order valence-corrected chi connectivity index (χ1v) is 6.96. The van der Waals surface area contributed by atoms with Crippen molar-refractivity contribution in [3.05, 3.63) is 48.3 Å². The van der Waals surface area contributed by atoms with Gasteiger partial charge in [-0.2, -0.15) is 0 Å². The number of hydrogen-bond donors (Lipinski definition) is 1. The van der Waals surface area contributed by atoms with Gasteiger partial charge in [0.15, 0.2) is 17.3 Å². The number of benzene rings is 2. The van der Waals surface area contributed by atoms with Gasteiger partial charge in [0, 0.05) is 11.1 Å². The Morgan fingerprint density at radius 1 is 1.05 bits per heavy atom. The molecule has 0 spiro atoms. The molecular weight excluding hydrogens is 291 g/mol. The molecule has 3 rings (SSSR count). The second kappa shape index (κ2) is 5.49. The lowest BCUT2D eigenvalue weighted by Crippen LogP contribution is -1.88. The molecule has 6 heteroatoms. The number of rotatable bonds is 3. The van der Waals surface area contributed by atoms with Crippen molar-refractivity contribution in [3.8, 4) is 32.6 Å². The molecule has 1 heterocycles. The Morgan fingerprint density at radius 3 is 2.38 bits per heavy atom. The molecule has 0 radical (unpaired) electrons. The molecule has 0 saturated carbocycles. The van der Waals surface area contributed by atoms with Crippen LogP contribution in [0.5, 0.6) is 11.5 Å². The van der Waals surface area contributed by atoms with Crippen molar-refractivity contribution in [2.45, 2.75) is 0 Å². The molecule has 2 aromatic carbocycles. The van der Waals surface area contributed by atoms with Crippen molar-refractivity contribution in [1.82, 2.24) is 10.2 Å². The van der Waals surface area contributed by atoms with Crippen LogP contribution in [0.25, 0.3) is 21.1 Å². The highest BCUT2D eigenvalue weighted by molar-refractivity contribution is 7.17. The lowest BCUT2D eigenvalue weighted by molar-refractivity contribution is 0.357. The van der Waals surface area contributed by atoms with Gasteiger partial charge in [-0.15, -0.1) is 10.2 Å². The van der Waals surface area contributed by atoms with Gasteiger partial charge in [0.1, 0.15) is 10.0 Å². The van der Waals surface area contributed by atoms with Crippen molar-refractivity contribution in [2.75, 3.05) is 7.11 Å². The molecule has 21 heavy (non-hydrogen) atoms. The van der Waals surface area contributed by atoms with E-state index in [1.54, 1.807) is 0 Å². The Hall–Kier alpha value is -2.47. The summed E-state index contributed by atoms with van der Waals surface area (Å²) in [6, 6.07) is 12.4. The average Bonchev–Trinajstić information content (AvgIpc) is 3.00. The van der Waals surface area contributed by atoms with Crippen molar-refractivity contribution in [3.63, 3.8) is 0 Å². The van der Waals surface area contributed by atoms with E-state index in [2.05, 4.69) is 10.2 Å². The molecule has 0 amide bonds. The van der Waals surface area contributed by atoms with Gasteiger partial charge in [-0.1, -0.05) is 41.7 Å². The summed E-state index contributed by atoms with van der Waals surface area (Å²) in [5.74, 6) is -1.18. The number of hydrogen-bond acceptors (Lipinski definition) is 5. The molecule has 3 aromatic rings. The van der Waals surface area contributed by atoms with Crippen molar-refractivity contribution >= 4 is 11.3 Å². The summed E-state index contributed by atoms with van der Waals surface area (Å²) in [4.78, 5) is 0. The predicted octanol–water partition coefficient (Wildman–Crippen LogP) is 3.73. The van der Waals surface area contributed by atoms with Crippen LogP contribution in [0.1, 0.15) is 0 Å². The maximum Gasteiger partial charge on any atom is 0.194 e. The van der Waals surface area contributed by atoms with Gasteiger partial charge in [-0.05, 0) is 12.1 Å². The van der Waals surface area contributed by atoms with Crippen LogP contribution in [0.3, 0.4) is 0 Å². The first-order chi connectivity index (χ1) is 10.2. The molecule has 0 aliphatic carbocycles. The summed E-state index contributed by atoms with van der Waals surface area (Å²) in [7, 11) is 1.37. The van der Waals surface area contributed by atoms with Crippen LogP contribution in [-0.2, 0) is 0 Å². The molecular formula is C15H11FN2O2S. The highest BCUT2D eigenvalue weighted by Gasteiger charge is 2.15. The number of aromatic hydroxyl groups is 1. The largest absolute Gasteiger partial charge is 0.502 e. The summed E-state index contributed by atoms with van der Waals surface area (Å²) in [5.41, 5.74) is 1.47. The maximum atomic E-state index is 13.7. The first-order valence-electron chi connectivity index (χ1n) is 6.15. The zero-order valence-electron chi connectivity index (χ0n) is 11.1. The summed E-state index contributed by atoms with van der Waals surface area (Å²) in [6.45, 7) is 0. The van der Waals surface area contributed by atoms with Crippen LogP contribution < -0.4 is 4.74 Å². The molecule has 0 unspecified atom stereocenters. The highest BCUT2D eigenvalue weighted by atomic mass is 32.1. The summed E-state index contributed by atoms with van der Waals surface area (Å²) in [6.07, 6.45) is 0. The van der Waals surface area contributed by atoms with Crippen LogP contribution in [0.15, 0.2) is 42.5 Å². The van der Waals surface area contributed by atoms with E-state index in [1.807, 2.05) is 30.3 Å². The fourth-order valence-electron chi connectivity index (χ4n) is 1.89. The maximum absolute atomic E-state index is 13.7. The summed E-state index contributed by atoms with van der Waals surface area (Å²) in [5, 5.41) is 19.0.